The number of fused-ring (bicyclic) bond motifs is 1. The topological polar surface area (TPSA) is 54.2 Å². The van der Waals surface area contributed by atoms with Gasteiger partial charge in [-0.3, -0.25) is 14.6 Å². The van der Waals surface area contributed by atoms with Crippen molar-refractivity contribution in [1.29, 1.82) is 0 Å². The second-order valence-electron chi connectivity index (χ2n) is 5.03. The first-order valence-electron chi connectivity index (χ1n) is 6.58. The van der Waals surface area contributed by atoms with E-state index in [9.17, 15) is 5.11 Å². The summed E-state index contributed by atoms with van der Waals surface area (Å²) in [6, 6.07) is 6.06. The smallest absolute Gasteiger partial charge is 0.0950 e. The molecule has 19 heavy (non-hydrogen) atoms. The SMILES string of the molecule is CC(O)c1cc2n(n1)CCN(Cc1cccnc1)C2. The lowest BCUT2D eigenvalue weighted by molar-refractivity contribution is 0.189. The Labute approximate surface area is 112 Å². The molecule has 1 aliphatic rings. The molecule has 2 aromatic rings. The van der Waals surface area contributed by atoms with Crippen LogP contribution in [0, 0.1) is 0 Å². The lowest BCUT2D eigenvalue weighted by Crippen LogP contribution is -2.33. The first-order chi connectivity index (χ1) is 9.22. The Kier molecular flexibility index (Phi) is 3.31. The zero-order valence-electron chi connectivity index (χ0n) is 11.0. The van der Waals surface area contributed by atoms with E-state index in [2.05, 4.69) is 21.0 Å². The van der Waals surface area contributed by atoms with Crippen molar-refractivity contribution < 1.29 is 5.11 Å². The number of hydrogen-bond donors (Lipinski definition) is 1. The highest BCUT2D eigenvalue weighted by Gasteiger charge is 2.19. The van der Waals surface area contributed by atoms with Crippen LogP contribution in [0.1, 0.15) is 30.0 Å². The Morgan fingerprint density at radius 1 is 1.42 bits per heavy atom. The third-order valence-electron chi connectivity index (χ3n) is 3.45. The number of aliphatic hydroxyl groups excluding tert-OH is 1. The van der Waals surface area contributed by atoms with Crippen LogP contribution in [-0.2, 0) is 19.6 Å². The average Bonchev–Trinajstić information content (AvgIpc) is 2.83. The molecule has 5 heteroatoms. The van der Waals surface area contributed by atoms with Crippen molar-refractivity contribution in [1.82, 2.24) is 19.7 Å². The zero-order chi connectivity index (χ0) is 13.2. The van der Waals surface area contributed by atoms with Crippen molar-refractivity contribution in [3.8, 4) is 0 Å². The van der Waals surface area contributed by atoms with Gasteiger partial charge in [-0.05, 0) is 24.6 Å². The van der Waals surface area contributed by atoms with Gasteiger partial charge in [-0.2, -0.15) is 5.10 Å². The summed E-state index contributed by atoms with van der Waals surface area (Å²) < 4.78 is 2.00. The number of pyridine rings is 1. The second kappa shape index (κ2) is 5.11. The average molecular weight is 258 g/mol. The fourth-order valence-electron chi connectivity index (χ4n) is 2.43. The highest BCUT2D eigenvalue weighted by molar-refractivity contribution is 5.14. The Morgan fingerprint density at radius 3 is 3.05 bits per heavy atom. The lowest BCUT2D eigenvalue weighted by Gasteiger charge is -2.27. The quantitative estimate of drug-likeness (QED) is 0.903. The maximum absolute atomic E-state index is 9.58. The number of aromatic nitrogens is 3. The molecule has 1 atom stereocenters. The molecule has 2 aromatic heterocycles. The predicted molar refractivity (Wildman–Crippen MR) is 71.2 cm³/mol. The van der Waals surface area contributed by atoms with Gasteiger partial charge in [-0.15, -0.1) is 0 Å². The van der Waals surface area contributed by atoms with Gasteiger partial charge in [0.05, 0.1) is 24.0 Å². The molecule has 0 fully saturated rings. The Morgan fingerprint density at radius 2 is 2.32 bits per heavy atom. The predicted octanol–water partition coefficient (Wildman–Crippen LogP) is 1.35. The number of rotatable bonds is 3. The molecule has 0 spiro atoms. The van der Waals surface area contributed by atoms with E-state index in [1.54, 1.807) is 13.1 Å². The maximum Gasteiger partial charge on any atom is 0.0950 e. The normalized spacial score (nSPS) is 17.2. The Hall–Kier alpha value is -1.72. The zero-order valence-corrected chi connectivity index (χ0v) is 11.0. The highest BCUT2D eigenvalue weighted by atomic mass is 16.3. The summed E-state index contributed by atoms with van der Waals surface area (Å²) in [5, 5.41) is 14.0. The van der Waals surface area contributed by atoms with Crippen LogP contribution in [0.3, 0.4) is 0 Å². The summed E-state index contributed by atoms with van der Waals surface area (Å²) in [5.74, 6) is 0. The van der Waals surface area contributed by atoms with Crippen molar-refractivity contribution in [3.63, 3.8) is 0 Å². The van der Waals surface area contributed by atoms with Gasteiger partial charge in [0.2, 0.25) is 0 Å². The van der Waals surface area contributed by atoms with Crippen LogP contribution in [0.5, 0.6) is 0 Å². The van der Waals surface area contributed by atoms with Crippen LogP contribution in [-0.4, -0.2) is 31.3 Å². The standard InChI is InChI=1S/C14H18N4O/c1-11(19)14-7-13-10-17(5-6-18(13)16-14)9-12-3-2-4-15-8-12/h2-4,7-8,11,19H,5-6,9-10H2,1H3. The molecule has 1 aliphatic heterocycles. The van der Waals surface area contributed by atoms with Crippen LogP contribution < -0.4 is 0 Å². The van der Waals surface area contributed by atoms with Gasteiger partial charge in [0.25, 0.3) is 0 Å². The molecular weight excluding hydrogens is 240 g/mol. The van der Waals surface area contributed by atoms with Crippen LogP contribution >= 0.6 is 0 Å². The summed E-state index contributed by atoms with van der Waals surface area (Å²) in [7, 11) is 0. The molecule has 1 N–H and O–H groups in total. The minimum atomic E-state index is -0.495. The molecule has 100 valence electrons. The van der Waals surface area contributed by atoms with E-state index in [1.807, 2.05) is 23.0 Å². The summed E-state index contributed by atoms with van der Waals surface area (Å²) in [5.41, 5.74) is 3.16. The van der Waals surface area contributed by atoms with Gasteiger partial charge in [-0.1, -0.05) is 6.07 Å². The van der Waals surface area contributed by atoms with Gasteiger partial charge < -0.3 is 5.11 Å². The van der Waals surface area contributed by atoms with Crippen molar-refractivity contribution in [2.24, 2.45) is 0 Å². The summed E-state index contributed by atoms with van der Waals surface area (Å²) in [6.45, 7) is 5.38. The number of aliphatic hydroxyl groups is 1. The van der Waals surface area contributed by atoms with Gasteiger partial charge >= 0.3 is 0 Å². The van der Waals surface area contributed by atoms with Crippen LogP contribution in [0.15, 0.2) is 30.6 Å². The van der Waals surface area contributed by atoms with E-state index in [1.165, 1.54) is 11.3 Å². The molecular formula is C14H18N4O. The van der Waals surface area contributed by atoms with E-state index < -0.39 is 6.10 Å². The minimum absolute atomic E-state index is 0.495. The lowest BCUT2D eigenvalue weighted by atomic mass is 10.2. The summed E-state index contributed by atoms with van der Waals surface area (Å²) in [6.07, 6.45) is 3.21. The third-order valence-corrected chi connectivity index (χ3v) is 3.45. The van der Waals surface area contributed by atoms with Crippen molar-refractivity contribution >= 4 is 0 Å². The van der Waals surface area contributed by atoms with Crippen molar-refractivity contribution in [3.05, 3.63) is 47.5 Å². The van der Waals surface area contributed by atoms with Crippen LogP contribution in [0.2, 0.25) is 0 Å². The molecule has 3 rings (SSSR count). The Balaban J connectivity index is 1.71. The second-order valence-corrected chi connectivity index (χ2v) is 5.03. The van der Waals surface area contributed by atoms with Crippen LogP contribution in [0.4, 0.5) is 0 Å². The van der Waals surface area contributed by atoms with E-state index >= 15 is 0 Å². The molecule has 0 bridgehead atoms. The first-order valence-corrected chi connectivity index (χ1v) is 6.58. The van der Waals surface area contributed by atoms with E-state index in [0.717, 1.165) is 31.9 Å². The molecule has 0 radical (unpaired) electrons. The monoisotopic (exact) mass is 258 g/mol. The fourth-order valence-corrected chi connectivity index (χ4v) is 2.43. The molecule has 0 aliphatic carbocycles. The van der Waals surface area contributed by atoms with Gasteiger partial charge in [0, 0.05) is 32.0 Å². The van der Waals surface area contributed by atoms with E-state index in [-0.39, 0.29) is 0 Å². The van der Waals surface area contributed by atoms with Crippen molar-refractivity contribution in [2.75, 3.05) is 6.54 Å². The largest absolute Gasteiger partial charge is 0.387 e. The maximum atomic E-state index is 9.58. The summed E-state index contributed by atoms with van der Waals surface area (Å²) in [4.78, 5) is 6.52. The van der Waals surface area contributed by atoms with Gasteiger partial charge in [-0.25, -0.2) is 0 Å². The molecule has 0 amide bonds. The highest BCUT2D eigenvalue weighted by Crippen LogP contribution is 2.19. The molecule has 3 heterocycles. The minimum Gasteiger partial charge on any atom is -0.387 e. The first kappa shape index (κ1) is 12.3. The third kappa shape index (κ3) is 2.67. The summed E-state index contributed by atoms with van der Waals surface area (Å²) >= 11 is 0. The van der Waals surface area contributed by atoms with Crippen molar-refractivity contribution in [2.45, 2.75) is 32.7 Å². The number of hydrogen-bond acceptors (Lipinski definition) is 4. The number of nitrogens with zero attached hydrogens (tertiary/aromatic N) is 4. The molecule has 0 aromatic carbocycles. The molecule has 0 saturated carbocycles. The fraction of sp³-hybridized carbons (Fsp3) is 0.429. The van der Waals surface area contributed by atoms with Gasteiger partial charge in [0.15, 0.2) is 0 Å². The van der Waals surface area contributed by atoms with E-state index in [4.69, 9.17) is 0 Å². The molecule has 0 saturated heterocycles. The van der Waals surface area contributed by atoms with Crippen LogP contribution in [0.25, 0.3) is 0 Å². The van der Waals surface area contributed by atoms with Gasteiger partial charge in [0.1, 0.15) is 0 Å². The molecule has 1 unspecified atom stereocenters. The Bertz CT molecular complexity index is 550. The molecule has 5 nitrogen and oxygen atoms in total. The van der Waals surface area contributed by atoms with E-state index in [0.29, 0.717) is 0 Å².